The van der Waals surface area contributed by atoms with Gasteiger partial charge in [-0.25, -0.2) is 0 Å². The molecule has 0 N–H and O–H groups in total. The first-order valence-corrected chi connectivity index (χ1v) is 5.79. The van der Waals surface area contributed by atoms with Crippen molar-refractivity contribution in [2.24, 2.45) is 0 Å². The Labute approximate surface area is 99.2 Å². The zero-order valence-electron chi connectivity index (χ0n) is 8.13. The quantitative estimate of drug-likeness (QED) is 0.595. The van der Waals surface area contributed by atoms with E-state index in [0.29, 0.717) is 0 Å². The second kappa shape index (κ2) is 3.13. The van der Waals surface area contributed by atoms with Crippen molar-refractivity contribution in [1.82, 2.24) is 0 Å². The highest BCUT2D eigenvalue weighted by Crippen LogP contribution is 2.44. The molecule has 0 heterocycles. The SMILES string of the molecule is ClC1(Cl)C=CC2=C(Cc3ccccc32)C1. The van der Waals surface area contributed by atoms with Gasteiger partial charge in [0, 0.05) is 6.42 Å². The minimum absolute atomic E-state index is 0.707. The van der Waals surface area contributed by atoms with Crippen LogP contribution in [0, 0.1) is 0 Å². The second-order valence-corrected chi connectivity index (χ2v) is 5.66. The average molecular weight is 237 g/mol. The van der Waals surface area contributed by atoms with Crippen LogP contribution in [0.1, 0.15) is 17.5 Å². The van der Waals surface area contributed by atoms with Gasteiger partial charge in [0.05, 0.1) is 0 Å². The molecule has 76 valence electrons. The van der Waals surface area contributed by atoms with Gasteiger partial charge in [0.1, 0.15) is 4.33 Å². The molecular weight excluding hydrogens is 227 g/mol. The van der Waals surface area contributed by atoms with E-state index in [4.69, 9.17) is 23.2 Å². The monoisotopic (exact) mass is 236 g/mol. The van der Waals surface area contributed by atoms with Gasteiger partial charge in [0.2, 0.25) is 0 Å². The molecule has 1 aromatic carbocycles. The zero-order chi connectivity index (χ0) is 10.5. The molecule has 0 saturated carbocycles. The molecule has 2 aliphatic carbocycles. The maximum Gasteiger partial charge on any atom is 0.140 e. The number of fused-ring (bicyclic) bond motifs is 2. The van der Waals surface area contributed by atoms with Crippen molar-refractivity contribution < 1.29 is 0 Å². The van der Waals surface area contributed by atoms with E-state index in [0.717, 1.165) is 12.8 Å². The van der Waals surface area contributed by atoms with Crippen LogP contribution >= 0.6 is 23.2 Å². The van der Waals surface area contributed by atoms with Crippen LogP contribution in [0.5, 0.6) is 0 Å². The normalized spacial score (nSPS) is 21.5. The summed E-state index contributed by atoms with van der Waals surface area (Å²) < 4.78 is -0.707. The Morgan fingerprint density at radius 1 is 1.13 bits per heavy atom. The number of benzene rings is 1. The summed E-state index contributed by atoms with van der Waals surface area (Å²) in [5, 5.41) is 0. The van der Waals surface area contributed by atoms with Crippen molar-refractivity contribution in [2.75, 3.05) is 0 Å². The summed E-state index contributed by atoms with van der Waals surface area (Å²) in [7, 11) is 0. The van der Waals surface area contributed by atoms with Crippen molar-refractivity contribution in [3.8, 4) is 0 Å². The molecule has 0 aliphatic heterocycles. The first-order chi connectivity index (χ1) is 7.16. The maximum absolute atomic E-state index is 6.13. The van der Waals surface area contributed by atoms with Crippen molar-refractivity contribution >= 4 is 28.8 Å². The van der Waals surface area contributed by atoms with E-state index in [-0.39, 0.29) is 0 Å². The lowest BCUT2D eigenvalue weighted by Gasteiger charge is -2.20. The van der Waals surface area contributed by atoms with E-state index in [1.54, 1.807) is 0 Å². The van der Waals surface area contributed by atoms with Crippen LogP contribution in [-0.2, 0) is 6.42 Å². The van der Waals surface area contributed by atoms with Crippen LogP contribution in [0.2, 0.25) is 0 Å². The number of alkyl halides is 2. The van der Waals surface area contributed by atoms with Crippen molar-refractivity contribution in [1.29, 1.82) is 0 Å². The lowest BCUT2D eigenvalue weighted by atomic mass is 9.97. The van der Waals surface area contributed by atoms with Gasteiger partial charge in [-0.1, -0.05) is 59.1 Å². The van der Waals surface area contributed by atoms with Gasteiger partial charge in [-0.3, -0.25) is 0 Å². The summed E-state index contributed by atoms with van der Waals surface area (Å²) in [5.74, 6) is 0. The van der Waals surface area contributed by atoms with E-state index < -0.39 is 4.33 Å². The van der Waals surface area contributed by atoms with Crippen LogP contribution < -0.4 is 0 Å². The Kier molecular flexibility index (Phi) is 1.99. The average Bonchev–Trinajstić information content (AvgIpc) is 2.52. The summed E-state index contributed by atoms with van der Waals surface area (Å²) in [5.41, 5.74) is 5.41. The third kappa shape index (κ3) is 1.53. The number of hydrogen-bond donors (Lipinski definition) is 0. The van der Waals surface area contributed by atoms with E-state index in [1.165, 1.54) is 22.3 Å². The van der Waals surface area contributed by atoms with Gasteiger partial charge in [0.15, 0.2) is 0 Å². The molecule has 2 heteroatoms. The molecule has 1 aromatic rings. The molecule has 3 rings (SSSR count). The largest absolute Gasteiger partial charge is 0.140 e. The summed E-state index contributed by atoms with van der Waals surface area (Å²) in [6, 6.07) is 8.49. The zero-order valence-corrected chi connectivity index (χ0v) is 9.65. The number of halogens is 2. The Hall–Kier alpha value is -0.720. The van der Waals surface area contributed by atoms with Gasteiger partial charge in [-0.05, 0) is 29.2 Å². The molecule has 0 nitrogen and oxygen atoms in total. The summed E-state index contributed by atoms with van der Waals surface area (Å²) >= 11 is 12.3. The Balaban J connectivity index is 2.08. The molecule has 0 radical (unpaired) electrons. The van der Waals surface area contributed by atoms with Crippen LogP contribution in [0.15, 0.2) is 42.0 Å². The fraction of sp³-hybridized carbons (Fsp3) is 0.231. The lowest BCUT2D eigenvalue weighted by molar-refractivity contribution is 0.884. The first-order valence-electron chi connectivity index (χ1n) is 5.03. The van der Waals surface area contributed by atoms with E-state index in [2.05, 4.69) is 30.3 Å². The van der Waals surface area contributed by atoms with Gasteiger partial charge in [-0.15, -0.1) is 0 Å². The standard InChI is InChI=1S/C13H10Cl2/c14-13(15)6-5-12-10(8-13)7-9-3-1-2-4-11(9)12/h1-6H,7-8H2. The number of allylic oxidation sites excluding steroid dienone is 4. The fourth-order valence-electron chi connectivity index (χ4n) is 2.37. The molecule has 2 aliphatic rings. The minimum Gasteiger partial charge on any atom is -0.0966 e. The van der Waals surface area contributed by atoms with Crippen LogP contribution in [0.4, 0.5) is 0 Å². The smallest absolute Gasteiger partial charge is 0.0966 e. The molecule has 0 saturated heterocycles. The van der Waals surface area contributed by atoms with Crippen LogP contribution in [0.3, 0.4) is 0 Å². The second-order valence-electron chi connectivity index (χ2n) is 4.12. The Bertz CT molecular complexity index is 481. The number of hydrogen-bond acceptors (Lipinski definition) is 0. The Morgan fingerprint density at radius 3 is 2.80 bits per heavy atom. The lowest BCUT2D eigenvalue weighted by Crippen LogP contribution is -2.13. The van der Waals surface area contributed by atoms with Gasteiger partial charge >= 0.3 is 0 Å². The van der Waals surface area contributed by atoms with Crippen LogP contribution in [0.25, 0.3) is 5.57 Å². The van der Waals surface area contributed by atoms with Gasteiger partial charge in [-0.2, -0.15) is 0 Å². The van der Waals surface area contributed by atoms with E-state index >= 15 is 0 Å². The molecule has 0 atom stereocenters. The third-order valence-corrected chi connectivity index (χ3v) is 3.55. The predicted octanol–water partition coefficient (Wildman–Crippen LogP) is 4.13. The molecule has 0 fully saturated rings. The molecular formula is C13H10Cl2. The molecule has 0 amide bonds. The summed E-state index contributed by atoms with van der Waals surface area (Å²) in [4.78, 5) is 0. The topological polar surface area (TPSA) is 0 Å². The van der Waals surface area contributed by atoms with Crippen molar-refractivity contribution in [2.45, 2.75) is 17.2 Å². The van der Waals surface area contributed by atoms with Gasteiger partial charge < -0.3 is 0 Å². The molecule has 0 unspecified atom stereocenters. The Morgan fingerprint density at radius 2 is 1.93 bits per heavy atom. The molecule has 0 aromatic heterocycles. The fourth-order valence-corrected chi connectivity index (χ4v) is 2.82. The maximum atomic E-state index is 6.13. The van der Waals surface area contributed by atoms with E-state index in [1.807, 2.05) is 6.08 Å². The molecule has 0 spiro atoms. The highest BCUT2D eigenvalue weighted by molar-refractivity contribution is 6.50. The predicted molar refractivity (Wildman–Crippen MR) is 65.3 cm³/mol. The highest BCUT2D eigenvalue weighted by atomic mass is 35.5. The molecule has 0 bridgehead atoms. The highest BCUT2D eigenvalue weighted by Gasteiger charge is 2.31. The third-order valence-electron chi connectivity index (χ3n) is 3.04. The first kappa shape index (κ1) is 9.50. The molecule has 15 heavy (non-hydrogen) atoms. The van der Waals surface area contributed by atoms with E-state index in [9.17, 15) is 0 Å². The van der Waals surface area contributed by atoms with Crippen molar-refractivity contribution in [3.63, 3.8) is 0 Å². The minimum atomic E-state index is -0.707. The van der Waals surface area contributed by atoms with Crippen molar-refractivity contribution in [3.05, 3.63) is 53.1 Å². The number of rotatable bonds is 0. The summed E-state index contributed by atoms with van der Waals surface area (Å²) in [6.07, 6.45) is 5.69. The van der Waals surface area contributed by atoms with Crippen LogP contribution in [-0.4, -0.2) is 4.33 Å². The van der Waals surface area contributed by atoms with Gasteiger partial charge in [0.25, 0.3) is 0 Å². The summed E-state index contributed by atoms with van der Waals surface area (Å²) in [6.45, 7) is 0.